The number of halogens is 3. The van der Waals surface area contributed by atoms with E-state index in [2.05, 4.69) is 0 Å². The molecule has 0 radical (unpaired) electrons. The standard InChI is InChI=1S/C17H22F3NO4S/c18-17(19,20)15-5-3-13(4-6-15)7-11-26(22,23)21-8-1-2-14(12-21)16-24-9-10-25-16/h3-6,14,16H,1-2,7-12H2/t14-/m1/s1. The number of nitrogens with zero attached hydrogens (tertiary/aromatic N) is 1. The van der Waals surface area contributed by atoms with Crippen molar-refractivity contribution in [2.45, 2.75) is 31.7 Å². The molecule has 9 heteroatoms. The van der Waals surface area contributed by atoms with Gasteiger partial charge in [0.05, 0.1) is 24.5 Å². The first-order chi connectivity index (χ1) is 12.3. The van der Waals surface area contributed by atoms with Crippen molar-refractivity contribution in [1.82, 2.24) is 4.31 Å². The lowest BCUT2D eigenvalue weighted by molar-refractivity contribution is -0.137. The number of ether oxygens (including phenoxy) is 2. The van der Waals surface area contributed by atoms with Crippen LogP contribution >= 0.6 is 0 Å². The van der Waals surface area contributed by atoms with Crippen LogP contribution in [-0.2, 0) is 32.1 Å². The normalized spacial score (nSPS) is 23.4. The van der Waals surface area contributed by atoms with E-state index < -0.39 is 21.8 Å². The Morgan fingerprint density at radius 3 is 2.38 bits per heavy atom. The number of piperidine rings is 1. The minimum atomic E-state index is -4.39. The summed E-state index contributed by atoms with van der Waals surface area (Å²) in [7, 11) is -3.48. The van der Waals surface area contributed by atoms with E-state index in [1.54, 1.807) is 0 Å². The van der Waals surface area contributed by atoms with Crippen molar-refractivity contribution in [3.63, 3.8) is 0 Å². The maximum Gasteiger partial charge on any atom is 0.416 e. The molecular weight excluding hydrogens is 371 g/mol. The van der Waals surface area contributed by atoms with Gasteiger partial charge in [-0.3, -0.25) is 0 Å². The molecule has 5 nitrogen and oxygen atoms in total. The van der Waals surface area contributed by atoms with Gasteiger partial charge < -0.3 is 9.47 Å². The monoisotopic (exact) mass is 393 g/mol. The molecule has 2 saturated heterocycles. The van der Waals surface area contributed by atoms with Crippen molar-refractivity contribution in [2.24, 2.45) is 5.92 Å². The third kappa shape index (κ3) is 4.76. The summed E-state index contributed by atoms with van der Waals surface area (Å²) in [6.07, 6.45) is -2.96. The number of hydrogen-bond acceptors (Lipinski definition) is 4. The Morgan fingerprint density at radius 2 is 1.77 bits per heavy atom. The quantitative estimate of drug-likeness (QED) is 0.772. The van der Waals surface area contributed by atoms with E-state index >= 15 is 0 Å². The van der Waals surface area contributed by atoms with Crippen LogP contribution in [0.2, 0.25) is 0 Å². The minimum absolute atomic E-state index is 0.0205. The Morgan fingerprint density at radius 1 is 1.12 bits per heavy atom. The van der Waals surface area contributed by atoms with E-state index in [1.807, 2.05) is 0 Å². The van der Waals surface area contributed by atoms with E-state index in [1.165, 1.54) is 16.4 Å². The number of aryl methyl sites for hydroxylation is 1. The molecule has 2 heterocycles. The molecule has 0 N–H and O–H groups in total. The summed E-state index contributed by atoms with van der Waals surface area (Å²) >= 11 is 0. The zero-order chi connectivity index (χ0) is 18.8. The highest BCUT2D eigenvalue weighted by atomic mass is 32.2. The Bertz CT molecular complexity index is 700. The lowest BCUT2D eigenvalue weighted by Crippen LogP contribution is -2.44. The lowest BCUT2D eigenvalue weighted by atomic mass is 9.99. The molecule has 1 atom stereocenters. The molecule has 1 aromatic rings. The summed E-state index contributed by atoms with van der Waals surface area (Å²) in [4.78, 5) is 0. The van der Waals surface area contributed by atoms with E-state index in [4.69, 9.17) is 9.47 Å². The van der Waals surface area contributed by atoms with Crippen LogP contribution in [0.5, 0.6) is 0 Å². The fraction of sp³-hybridized carbons (Fsp3) is 0.647. The molecule has 0 saturated carbocycles. The predicted octanol–water partition coefficient (Wildman–Crippen LogP) is 2.66. The van der Waals surface area contributed by atoms with Crippen LogP contribution in [0.1, 0.15) is 24.0 Å². The van der Waals surface area contributed by atoms with Crippen molar-refractivity contribution in [1.29, 1.82) is 0 Å². The number of sulfonamides is 1. The minimum Gasteiger partial charge on any atom is -0.350 e. The zero-order valence-corrected chi connectivity index (χ0v) is 15.1. The molecule has 0 spiro atoms. The van der Waals surface area contributed by atoms with Crippen LogP contribution in [0.3, 0.4) is 0 Å². The molecular formula is C17H22F3NO4S. The van der Waals surface area contributed by atoms with Crippen molar-refractivity contribution >= 4 is 10.0 Å². The largest absolute Gasteiger partial charge is 0.416 e. The molecule has 3 rings (SSSR count). The van der Waals surface area contributed by atoms with Gasteiger partial charge in [-0.2, -0.15) is 13.2 Å². The molecule has 0 bridgehead atoms. The summed E-state index contributed by atoms with van der Waals surface area (Å²) in [6.45, 7) is 1.88. The topological polar surface area (TPSA) is 55.8 Å². The maximum absolute atomic E-state index is 12.6. The first kappa shape index (κ1) is 19.6. The summed E-state index contributed by atoms with van der Waals surface area (Å²) in [5, 5.41) is 0. The smallest absolute Gasteiger partial charge is 0.350 e. The summed E-state index contributed by atoms with van der Waals surface area (Å²) < 4.78 is 75.4. The van der Waals surface area contributed by atoms with Crippen molar-refractivity contribution in [3.05, 3.63) is 35.4 Å². The average Bonchev–Trinajstić information content (AvgIpc) is 3.14. The highest BCUT2D eigenvalue weighted by Crippen LogP contribution is 2.29. The number of rotatable bonds is 5. The van der Waals surface area contributed by atoms with E-state index in [0.29, 0.717) is 31.9 Å². The van der Waals surface area contributed by atoms with Crippen LogP contribution in [0.4, 0.5) is 13.2 Å². The maximum atomic E-state index is 12.6. The lowest BCUT2D eigenvalue weighted by Gasteiger charge is -2.33. The molecule has 2 fully saturated rings. The molecule has 2 aliphatic rings. The molecule has 146 valence electrons. The van der Waals surface area contributed by atoms with Gasteiger partial charge in [0.15, 0.2) is 6.29 Å². The Labute approximate surface area is 151 Å². The van der Waals surface area contributed by atoms with Gasteiger partial charge in [0.2, 0.25) is 10.0 Å². The second-order valence-corrected chi connectivity index (χ2v) is 8.72. The Balaban J connectivity index is 1.58. The highest BCUT2D eigenvalue weighted by Gasteiger charge is 2.35. The number of hydrogen-bond donors (Lipinski definition) is 0. The van der Waals surface area contributed by atoms with Crippen LogP contribution in [0.25, 0.3) is 0 Å². The van der Waals surface area contributed by atoms with Crippen LogP contribution in [-0.4, -0.2) is 51.1 Å². The third-order valence-corrected chi connectivity index (χ3v) is 6.61. The van der Waals surface area contributed by atoms with Gasteiger partial charge >= 0.3 is 6.18 Å². The predicted molar refractivity (Wildman–Crippen MR) is 88.9 cm³/mol. The third-order valence-electron chi connectivity index (χ3n) is 4.78. The fourth-order valence-electron chi connectivity index (χ4n) is 3.33. The van der Waals surface area contributed by atoms with Crippen molar-refractivity contribution in [2.75, 3.05) is 32.1 Å². The SMILES string of the molecule is O=S(=O)(CCc1ccc(C(F)(F)F)cc1)N1CCC[C@@H](C2OCCO2)C1. The second-order valence-electron chi connectivity index (χ2n) is 6.63. The van der Waals surface area contributed by atoms with Crippen LogP contribution < -0.4 is 0 Å². The van der Waals surface area contributed by atoms with Gasteiger partial charge in [0.25, 0.3) is 0 Å². The molecule has 26 heavy (non-hydrogen) atoms. The van der Waals surface area contributed by atoms with Gasteiger partial charge in [0, 0.05) is 19.0 Å². The van der Waals surface area contributed by atoms with E-state index in [0.717, 1.165) is 25.0 Å². The van der Waals surface area contributed by atoms with Crippen molar-refractivity contribution < 1.29 is 31.1 Å². The molecule has 0 unspecified atom stereocenters. The molecule has 0 aliphatic carbocycles. The average molecular weight is 393 g/mol. The van der Waals surface area contributed by atoms with Crippen molar-refractivity contribution in [3.8, 4) is 0 Å². The highest BCUT2D eigenvalue weighted by molar-refractivity contribution is 7.89. The van der Waals surface area contributed by atoms with Crippen LogP contribution in [0.15, 0.2) is 24.3 Å². The first-order valence-electron chi connectivity index (χ1n) is 8.63. The van der Waals surface area contributed by atoms with Gasteiger partial charge in [-0.1, -0.05) is 12.1 Å². The molecule has 2 aliphatic heterocycles. The van der Waals surface area contributed by atoms with Gasteiger partial charge in [0.1, 0.15) is 0 Å². The fourth-order valence-corrected chi connectivity index (χ4v) is 4.91. The summed E-state index contributed by atoms with van der Waals surface area (Å²) in [5.74, 6) is -0.107. The Hall–Kier alpha value is -1.16. The van der Waals surface area contributed by atoms with Gasteiger partial charge in [-0.15, -0.1) is 0 Å². The summed E-state index contributed by atoms with van der Waals surface area (Å²) in [5.41, 5.74) is -0.169. The Kier molecular flexibility index (Phi) is 5.91. The summed E-state index contributed by atoms with van der Waals surface area (Å²) in [6, 6.07) is 4.62. The zero-order valence-electron chi connectivity index (χ0n) is 14.2. The molecule has 0 aromatic heterocycles. The molecule has 0 amide bonds. The van der Waals surface area contributed by atoms with E-state index in [9.17, 15) is 21.6 Å². The van der Waals surface area contributed by atoms with Gasteiger partial charge in [-0.05, 0) is 37.0 Å². The van der Waals surface area contributed by atoms with Gasteiger partial charge in [-0.25, -0.2) is 12.7 Å². The van der Waals surface area contributed by atoms with Crippen LogP contribution in [0, 0.1) is 5.92 Å². The number of alkyl halides is 3. The second kappa shape index (κ2) is 7.84. The van der Waals surface area contributed by atoms with E-state index in [-0.39, 0.29) is 24.4 Å². The first-order valence-corrected chi connectivity index (χ1v) is 10.2. The molecule has 1 aromatic carbocycles. The number of benzene rings is 1.